The van der Waals surface area contributed by atoms with E-state index in [2.05, 4.69) is 55.0 Å². The summed E-state index contributed by atoms with van der Waals surface area (Å²) in [6, 6.07) is 8.56. The maximum atomic E-state index is 4.77. The minimum Gasteiger partial charge on any atom is -0.335 e. The summed E-state index contributed by atoms with van der Waals surface area (Å²) in [5, 5.41) is 3.17. The van der Waals surface area contributed by atoms with Gasteiger partial charge in [0.25, 0.3) is 0 Å². The standard InChI is InChI=1S/C15H21N3/c1-11-5-7-13(8-6-11)15-12(2)18(4)14(17-15)9-10-16-3/h5-8,16H,9-10H2,1-4H3. The molecule has 0 fully saturated rings. The van der Waals surface area contributed by atoms with Crippen molar-refractivity contribution in [2.45, 2.75) is 20.3 Å². The number of imidazole rings is 1. The van der Waals surface area contributed by atoms with E-state index < -0.39 is 0 Å². The molecule has 2 rings (SSSR count). The Hall–Kier alpha value is -1.61. The molecule has 0 unspecified atom stereocenters. The summed E-state index contributed by atoms with van der Waals surface area (Å²) in [5.41, 5.74) is 4.81. The van der Waals surface area contributed by atoms with Crippen LogP contribution < -0.4 is 5.32 Å². The highest BCUT2D eigenvalue weighted by atomic mass is 15.1. The van der Waals surface area contributed by atoms with Crippen molar-refractivity contribution >= 4 is 0 Å². The summed E-state index contributed by atoms with van der Waals surface area (Å²) >= 11 is 0. The Balaban J connectivity index is 2.36. The molecule has 0 aliphatic heterocycles. The van der Waals surface area contributed by atoms with Crippen LogP contribution in [-0.2, 0) is 13.5 Å². The van der Waals surface area contributed by atoms with Crippen LogP contribution in [0.2, 0.25) is 0 Å². The molecule has 2 aromatic rings. The molecule has 96 valence electrons. The first-order valence-electron chi connectivity index (χ1n) is 6.37. The third-order valence-electron chi connectivity index (χ3n) is 3.40. The second-order valence-electron chi connectivity index (χ2n) is 4.74. The fourth-order valence-corrected chi connectivity index (χ4v) is 2.08. The Kier molecular flexibility index (Phi) is 3.82. The van der Waals surface area contributed by atoms with Gasteiger partial charge in [-0.1, -0.05) is 29.8 Å². The molecule has 1 heterocycles. The molecule has 0 aliphatic rings. The predicted octanol–water partition coefficient (Wildman–Crippen LogP) is 2.47. The molecule has 1 aromatic heterocycles. The number of nitrogens with zero attached hydrogens (tertiary/aromatic N) is 2. The molecule has 3 nitrogen and oxygen atoms in total. The number of rotatable bonds is 4. The van der Waals surface area contributed by atoms with Gasteiger partial charge in [-0.05, 0) is 20.9 Å². The van der Waals surface area contributed by atoms with Gasteiger partial charge in [-0.2, -0.15) is 0 Å². The quantitative estimate of drug-likeness (QED) is 0.894. The third kappa shape index (κ3) is 2.46. The van der Waals surface area contributed by atoms with Gasteiger partial charge in [0.05, 0.1) is 5.69 Å². The Labute approximate surface area is 109 Å². The van der Waals surface area contributed by atoms with Gasteiger partial charge in [0, 0.05) is 31.3 Å². The van der Waals surface area contributed by atoms with E-state index in [-0.39, 0.29) is 0 Å². The molecular weight excluding hydrogens is 222 g/mol. The second-order valence-corrected chi connectivity index (χ2v) is 4.74. The summed E-state index contributed by atoms with van der Waals surface area (Å²) in [5.74, 6) is 1.14. The van der Waals surface area contributed by atoms with E-state index in [1.165, 1.54) is 16.8 Å². The van der Waals surface area contributed by atoms with Crippen molar-refractivity contribution in [3.05, 3.63) is 41.3 Å². The molecule has 18 heavy (non-hydrogen) atoms. The van der Waals surface area contributed by atoms with E-state index in [1.807, 2.05) is 7.05 Å². The van der Waals surface area contributed by atoms with Crippen molar-refractivity contribution in [3.63, 3.8) is 0 Å². The first-order chi connectivity index (χ1) is 8.63. The lowest BCUT2D eigenvalue weighted by Crippen LogP contribution is -2.13. The van der Waals surface area contributed by atoms with Crippen LogP contribution in [0.4, 0.5) is 0 Å². The topological polar surface area (TPSA) is 29.9 Å². The predicted molar refractivity (Wildman–Crippen MR) is 75.7 cm³/mol. The Bertz CT molecular complexity index is 523. The molecule has 0 bridgehead atoms. The zero-order chi connectivity index (χ0) is 13.1. The molecular formula is C15H21N3. The van der Waals surface area contributed by atoms with Crippen LogP contribution in [0.5, 0.6) is 0 Å². The van der Waals surface area contributed by atoms with Gasteiger partial charge < -0.3 is 9.88 Å². The van der Waals surface area contributed by atoms with E-state index in [4.69, 9.17) is 4.98 Å². The third-order valence-corrected chi connectivity index (χ3v) is 3.40. The van der Waals surface area contributed by atoms with Gasteiger partial charge in [-0.3, -0.25) is 0 Å². The lowest BCUT2D eigenvalue weighted by molar-refractivity contribution is 0.710. The molecule has 1 aromatic carbocycles. The Morgan fingerprint density at radius 1 is 1.17 bits per heavy atom. The van der Waals surface area contributed by atoms with E-state index in [0.717, 1.165) is 24.5 Å². The average Bonchev–Trinajstić information content (AvgIpc) is 2.65. The SMILES string of the molecule is CNCCc1nc(-c2ccc(C)cc2)c(C)n1C. The van der Waals surface area contributed by atoms with Gasteiger partial charge in [0.1, 0.15) is 5.82 Å². The molecule has 0 atom stereocenters. The average molecular weight is 243 g/mol. The summed E-state index contributed by atoms with van der Waals surface area (Å²) in [7, 11) is 4.06. The number of hydrogen-bond donors (Lipinski definition) is 1. The van der Waals surface area contributed by atoms with Gasteiger partial charge in [-0.15, -0.1) is 0 Å². The van der Waals surface area contributed by atoms with Crippen molar-refractivity contribution in [3.8, 4) is 11.3 Å². The molecule has 0 radical (unpaired) electrons. The van der Waals surface area contributed by atoms with Crippen LogP contribution >= 0.6 is 0 Å². The number of nitrogens with one attached hydrogen (secondary N) is 1. The van der Waals surface area contributed by atoms with Gasteiger partial charge in [0.2, 0.25) is 0 Å². The van der Waals surface area contributed by atoms with E-state index in [9.17, 15) is 0 Å². The maximum absolute atomic E-state index is 4.77. The van der Waals surface area contributed by atoms with Crippen molar-refractivity contribution in [1.29, 1.82) is 0 Å². The van der Waals surface area contributed by atoms with Crippen LogP contribution in [0.15, 0.2) is 24.3 Å². The fraction of sp³-hybridized carbons (Fsp3) is 0.400. The highest BCUT2D eigenvalue weighted by Gasteiger charge is 2.12. The summed E-state index contributed by atoms with van der Waals surface area (Å²) < 4.78 is 2.19. The van der Waals surface area contributed by atoms with Gasteiger partial charge in [0.15, 0.2) is 0 Å². The van der Waals surface area contributed by atoms with Crippen LogP contribution in [-0.4, -0.2) is 23.1 Å². The van der Waals surface area contributed by atoms with Gasteiger partial charge >= 0.3 is 0 Å². The van der Waals surface area contributed by atoms with Crippen molar-refractivity contribution in [2.75, 3.05) is 13.6 Å². The summed E-state index contributed by atoms with van der Waals surface area (Å²) in [6.07, 6.45) is 0.958. The fourth-order valence-electron chi connectivity index (χ4n) is 2.08. The Morgan fingerprint density at radius 2 is 1.83 bits per heavy atom. The van der Waals surface area contributed by atoms with E-state index in [1.54, 1.807) is 0 Å². The van der Waals surface area contributed by atoms with E-state index in [0.29, 0.717) is 0 Å². The van der Waals surface area contributed by atoms with Crippen molar-refractivity contribution in [2.24, 2.45) is 7.05 Å². The first kappa shape index (κ1) is 12.8. The second kappa shape index (κ2) is 5.36. The minimum absolute atomic E-state index is 0.956. The molecule has 0 amide bonds. The zero-order valence-electron chi connectivity index (χ0n) is 11.6. The van der Waals surface area contributed by atoms with Crippen molar-refractivity contribution < 1.29 is 0 Å². The number of benzene rings is 1. The van der Waals surface area contributed by atoms with Crippen LogP contribution in [0, 0.1) is 13.8 Å². The maximum Gasteiger partial charge on any atom is 0.110 e. The monoisotopic (exact) mass is 243 g/mol. The lowest BCUT2D eigenvalue weighted by Gasteiger charge is -2.02. The number of likely N-dealkylation sites (N-methyl/N-ethyl adjacent to an activating group) is 1. The molecule has 0 spiro atoms. The summed E-state index contributed by atoms with van der Waals surface area (Å²) in [4.78, 5) is 4.77. The molecule has 0 saturated heterocycles. The number of aryl methyl sites for hydroxylation is 1. The molecule has 0 saturated carbocycles. The first-order valence-corrected chi connectivity index (χ1v) is 6.37. The molecule has 0 aliphatic carbocycles. The molecule has 1 N–H and O–H groups in total. The highest BCUT2D eigenvalue weighted by molar-refractivity contribution is 5.62. The van der Waals surface area contributed by atoms with Crippen LogP contribution in [0.1, 0.15) is 17.1 Å². The Morgan fingerprint density at radius 3 is 2.44 bits per heavy atom. The largest absolute Gasteiger partial charge is 0.335 e. The highest BCUT2D eigenvalue weighted by Crippen LogP contribution is 2.23. The minimum atomic E-state index is 0.956. The zero-order valence-corrected chi connectivity index (χ0v) is 11.6. The normalized spacial score (nSPS) is 10.9. The van der Waals surface area contributed by atoms with Crippen LogP contribution in [0.25, 0.3) is 11.3 Å². The number of hydrogen-bond acceptors (Lipinski definition) is 2. The van der Waals surface area contributed by atoms with E-state index >= 15 is 0 Å². The van der Waals surface area contributed by atoms with Gasteiger partial charge in [-0.25, -0.2) is 4.98 Å². The number of aromatic nitrogens is 2. The van der Waals surface area contributed by atoms with Crippen molar-refractivity contribution in [1.82, 2.24) is 14.9 Å². The molecule has 3 heteroatoms. The smallest absolute Gasteiger partial charge is 0.110 e. The van der Waals surface area contributed by atoms with Crippen LogP contribution in [0.3, 0.4) is 0 Å². The summed E-state index contributed by atoms with van der Waals surface area (Å²) in [6.45, 7) is 5.19. The lowest BCUT2D eigenvalue weighted by atomic mass is 10.1.